The zero-order chi connectivity index (χ0) is 22.1. The Morgan fingerprint density at radius 2 is 1.97 bits per heavy atom. The molecule has 6 nitrogen and oxygen atoms in total. The number of aromatic nitrogens is 1. The van der Waals surface area contributed by atoms with Crippen LogP contribution in [0.1, 0.15) is 45.9 Å². The second-order valence-corrected chi connectivity index (χ2v) is 9.35. The Bertz CT molecular complexity index is 1110. The fourth-order valence-electron chi connectivity index (χ4n) is 5.15. The van der Waals surface area contributed by atoms with Gasteiger partial charge in [0, 0.05) is 30.9 Å². The number of fused-ring (bicyclic) bond motifs is 2. The molecule has 2 aliphatic rings. The molecule has 1 saturated heterocycles. The van der Waals surface area contributed by atoms with Crippen molar-refractivity contribution in [2.45, 2.75) is 36.8 Å². The number of carbonyl (C=O) groups excluding carboxylic acids is 2. The molecule has 1 spiro atoms. The molecule has 0 saturated carbocycles. The number of aliphatic hydroxyl groups is 1. The van der Waals surface area contributed by atoms with E-state index in [0.717, 1.165) is 16.7 Å². The van der Waals surface area contributed by atoms with Gasteiger partial charge >= 0.3 is 0 Å². The summed E-state index contributed by atoms with van der Waals surface area (Å²) in [5.41, 5.74) is 3.07. The number of likely N-dealkylation sites (tertiary alicyclic amines) is 1. The first-order valence-corrected chi connectivity index (χ1v) is 11.8. The van der Waals surface area contributed by atoms with Crippen LogP contribution in [0.3, 0.4) is 0 Å². The van der Waals surface area contributed by atoms with Gasteiger partial charge in [0.1, 0.15) is 0 Å². The average Bonchev–Trinajstić information content (AvgIpc) is 3.42. The third kappa shape index (κ3) is 3.61. The Balaban J connectivity index is 1.35. The summed E-state index contributed by atoms with van der Waals surface area (Å²) in [5.74, 6) is -0.127. The van der Waals surface area contributed by atoms with E-state index in [1.165, 1.54) is 6.20 Å². The summed E-state index contributed by atoms with van der Waals surface area (Å²) in [4.78, 5) is 31.5. The van der Waals surface area contributed by atoms with Crippen LogP contribution >= 0.6 is 11.3 Å². The summed E-state index contributed by atoms with van der Waals surface area (Å²) >= 11 is 1.60. The van der Waals surface area contributed by atoms with Crippen molar-refractivity contribution in [2.24, 2.45) is 0 Å². The first-order chi connectivity index (χ1) is 15.6. The molecule has 32 heavy (non-hydrogen) atoms. The highest BCUT2D eigenvalue weighted by molar-refractivity contribution is 7.08. The molecular formula is C25H25N3O3S. The fourth-order valence-corrected chi connectivity index (χ4v) is 5.82. The maximum atomic E-state index is 12.8. The predicted octanol–water partition coefficient (Wildman–Crippen LogP) is 3.09. The number of aliphatic hydroxyl groups excluding tert-OH is 1. The number of thiophene rings is 1. The standard InChI is InChI=1S/C25H25N3O3S/c29-21(14-17-7-13-32-16-17)28-11-8-25(9-12-28)20-6-2-1-5-19(20)22(23(25)30)27-24(31)18-4-3-10-26-15-18/h1-7,10,13,15-16,22-23,30H,8-9,11-12,14H2,(H,27,31)/t22-,23+/m1/s1. The topological polar surface area (TPSA) is 82.5 Å². The van der Waals surface area contributed by atoms with E-state index in [4.69, 9.17) is 0 Å². The third-order valence-corrected chi connectivity index (χ3v) is 7.60. The molecule has 0 bridgehead atoms. The van der Waals surface area contributed by atoms with Crippen LogP contribution in [0.15, 0.2) is 65.6 Å². The summed E-state index contributed by atoms with van der Waals surface area (Å²) in [6.07, 6.45) is 4.14. The van der Waals surface area contributed by atoms with Crippen molar-refractivity contribution in [3.63, 3.8) is 0 Å². The first-order valence-electron chi connectivity index (χ1n) is 10.9. The number of nitrogens with zero attached hydrogens (tertiary/aromatic N) is 2. The van der Waals surface area contributed by atoms with E-state index in [1.54, 1.807) is 29.7 Å². The van der Waals surface area contributed by atoms with Crippen LogP contribution in [0, 0.1) is 0 Å². The smallest absolute Gasteiger partial charge is 0.253 e. The van der Waals surface area contributed by atoms with Crippen molar-refractivity contribution in [2.75, 3.05) is 13.1 Å². The highest BCUT2D eigenvalue weighted by atomic mass is 32.1. The van der Waals surface area contributed by atoms with E-state index in [1.807, 2.05) is 39.9 Å². The molecule has 5 rings (SSSR count). The number of piperidine rings is 1. The lowest BCUT2D eigenvalue weighted by molar-refractivity contribution is -0.132. The molecule has 2 amide bonds. The Kier molecular flexibility index (Phi) is 5.53. The summed E-state index contributed by atoms with van der Waals surface area (Å²) in [6, 6.07) is 12.9. The number of amides is 2. The van der Waals surface area contributed by atoms with Gasteiger partial charge < -0.3 is 15.3 Å². The molecule has 2 aromatic heterocycles. The van der Waals surface area contributed by atoms with Gasteiger partial charge in [0.25, 0.3) is 5.91 Å². The molecule has 1 aromatic carbocycles. The monoisotopic (exact) mass is 447 g/mol. The Morgan fingerprint density at radius 1 is 1.16 bits per heavy atom. The van der Waals surface area contributed by atoms with E-state index < -0.39 is 17.6 Å². The number of hydrogen-bond donors (Lipinski definition) is 2. The van der Waals surface area contributed by atoms with Gasteiger partial charge in [-0.3, -0.25) is 14.6 Å². The first kappa shape index (κ1) is 20.8. The SMILES string of the molecule is O=C(N[C@@H]1c2ccccc2C2(CCN(C(=O)Cc3ccsc3)CC2)[C@H]1O)c1cccnc1. The quantitative estimate of drug-likeness (QED) is 0.644. The second-order valence-electron chi connectivity index (χ2n) is 8.57. The van der Waals surface area contributed by atoms with Crippen molar-refractivity contribution in [3.05, 3.63) is 87.9 Å². The number of nitrogens with one attached hydrogen (secondary N) is 1. The van der Waals surface area contributed by atoms with Gasteiger partial charge in [-0.15, -0.1) is 0 Å². The number of benzene rings is 1. The lowest BCUT2D eigenvalue weighted by Gasteiger charge is -2.42. The Morgan fingerprint density at radius 3 is 2.69 bits per heavy atom. The van der Waals surface area contributed by atoms with Gasteiger partial charge in [0.05, 0.1) is 24.1 Å². The largest absolute Gasteiger partial charge is 0.390 e. The zero-order valence-corrected chi connectivity index (χ0v) is 18.4. The van der Waals surface area contributed by atoms with Crippen molar-refractivity contribution in [1.29, 1.82) is 0 Å². The number of rotatable bonds is 4. The van der Waals surface area contributed by atoms with Crippen LogP contribution in [-0.2, 0) is 16.6 Å². The summed E-state index contributed by atoms with van der Waals surface area (Å²) < 4.78 is 0. The highest BCUT2D eigenvalue weighted by Gasteiger charge is 2.53. The molecule has 1 aliphatic carbocycles. The van der Waals surface area contributed by atoms with Crippen LogP contribution in [0.25, 0.3) is 0 Å². The van der Waals surface area contributed by atoms with Crippen molar-refractivity contribution >= 4 is 23.2 Å². The van der Waals surface area contributed by atoms with E-state index >= 15 is 0 Å². The molecule has 0 radical (unpaired) electrons. The number of carbonyl (C=O) groups is 2. The van der Waals surface area contributed by atoms with Gasteiger partial charge in [-0.1, -0.05) is 24.3 Å². The van der Waals surface area contributed by atoms with Gasteiger partial charge in [0.15, 0.2) is 0 Å². The number of pyridine rings is 1. The minimum absolute atomic E-state index is 0.125. The minimum Gasteiger partial charge on any atom is -0.390 e. The summed E-state index contributed by atoms with van der Waals surface area (Å²) in [7, 11) is 0. The summed E-state index contributed by atoms with van der Waals surface area (Å²) in [6.45, 7) is 1.19. The van der Waals surface area contributed by atoms with Gasteiger partial charge in [-0.05, 0) is 58.5 Å². The molecule has 2 atom stereocenters. The summed E-state index contributed by atoms with van der Waals surface area (Å²) in [5, 5.41) is 18.5. The van der Waals surface area contributed by atoms with E-state index in [2.05, 4.69) is 16.4 Å². The Hall–Kier alpha value is -3.03. The minimum atomic E-state index is -0.755. The molecule has 3 aromatic rings. The van der Waals surface area contributed by atoms with E-state index in [-0.39, 0.29) is 11.8 Å². The maximum absolute atomic E-state index is 12.8. The van der Waals surface area contributed by atoms with Crippen LogP contribution in [-0.4, -0.2) is 46.0 Å². The fraction of sp³-hybridized carbons (Fsp3) is 0.320. The van der Waals surface area contributed by atoms with Gasteiger partial charge in [0.2, 0.25) is 5.91 Å². The van der Waals surface area contributed by atoms with Crippen molar-refractivity contribution in [1.82, 2.24) is 15.2 Å². The molecule has 1 fully saturated rings. The second kappa shape index (κ2) is 8.48. The Labute approximate surface area is 190 Å². The lowest BCUT2D eigenvalue weighted by Crippen LogP contribution is -2.51. The van der Waals surface area contributed by atoms with Gasteiger partial charge in [-0.25, -0.2) is 0 Å². The van der Waals surface area contributed by atoms with Crippen molar-refractivity contribution < 1.29 is 14.7 Å². The average molecular weight is 448 g/mol. The third-order valence-electron chi connectivity index (χ3n) is 6.87. The predicted molar refractivity (Wildman–Crippen MR) is 122 cm³/mol. The normalized spacial score (nSPS) is 21.3. The molecule has 0 unspecified atom stereocenters. The highest BCUT2D eigenvalue weighted by Crippen LogP contribution is 2.51. The van der Waals surface area contributed by atoms with Crippen LogP contribution in [0.4, 0.5) is 0 Å². The maximum Gasteiger partial charge on any atom is 0.253 e. The molecule has 2 N–H and O–H groups in total. The lowest BCUT2D eigenvalue weighted by atomic mass is 9.72. The van der Waals surface area contributed by atoms with Crippen LogP contribution in [0.2, 0.25) is 0 Å². The number of hydrogen-bond acceptors (Lipinski definition) is 5. The molecule has 164 valence electrons. The van der Waals surface area contributed by atoms with Crippen LogP contribution in [0.5, 0.6) is 0 Å². The zero-order valence-electron chi connectivity index (χ0n) is 17.6. The van der Waals surface area contributed by atoms with E-state index in [0.29, 0.717) is 37.9 Å². The molecule has 7 heteroatoms. The molecular weight excluding hydrogens is 422 g/mol. The van der Waals surface area contributed by atoms with E-state index in [9.17, 15) is 14.7 Å². The van der Waals surface area contributed by atoms with Crippen LogP contribution < -0.4 is 5.32 Å². The molecule has 1 aliphatic heterocycles. The van der Waals surface area contributed by atoms with Gasteiger partial charge in [-0.2, -0.15) is 11.3 Å². The van der Waals surface area contributed by atoms with Crippen molar-refractivity contribution in [3.8, 4) is 0 Å². The molecule has 3 heterocycles.